The monoisotopic (exact) mass is 361 g/mol. The normalized spacial score (nSPS) is 18.5. The molecule has 142 valence electrons. The number of carbonyl (C=O) groups excluding carboxylic acids is 2. The minimum atomic E-state index is -0.0753. The van der Waals surface area contributed by atoms with E-state index in [1.54, 1.807) is 13.2 Å². The number of hydrogen-bond acceptors (Lipinski definition) is 4. The van der Waals surface area contributed by atoms with Crippen molar-refractivity contribution in [3.63, 3.8) is 0 Å². The van der Waals surface area contributed by atoms with Gasteiger partial charge < -0.3 is 24.6 Å². The number of urea groups is 1. The number of amides is 3. The third-order valence-electron chi connectivity index (χ3n) is 5.04. The summed E-state index contributed by atoms with van der Waals surface area (Å²) >= 11 is 0. The lowest BCUT2D eigenvalue weighted by molar-refractivity contribution is 0.0407. The van der Waals surface area contributed by atoms with Crippen LogP contribution in [0.1, 0.15) is 28.8 Å². The fourth-order valence-electron chi connectivity index (χ4n) is 3.46. The molecule has 7 heteroatoms. The molecule has 3 rings (SSSR count). The molecule has 0 bridgehead atoms. The number of methoxy groups -OCH3 is 1. The zero-order valence-corrected chi connectivity index (χ0v) is 15.5. The van der Waals surface area contributed by atoms with Crippen LogP contribution in [0.25, 0.3) is 0 Å². The average Bonchev–Trinajstić information content (AvgIpc) is 2.68. The SMILES string of the molecule is COc1ccc(C(=O)NC2CCN(C(=O)N3CCOCC3)CC2)cc1C. The number of piperidine rings is 1. The molecule has 26 heavy (non-hydrogen) atoms. The highest BCUT2D eigenvalue weighted by Gasteiger charge is 2.28. The maximum absolute atomic E-state index is 12.5. The third-order valence-corrected chi connectivity index (χ3v) is 5.04. The Morgan fingerprint density at radius 3 is 2.38 bits per heavy atom. The first-order chi connectivity index (χ1) is 12.6. The number of likely N-dealkylation sites (tertiary alicyclic amines) is 1. The number of rotatable bonds is 3. The number of benzene rings is 1. The quantitative estimate of drug-likeness (QED) is 0.889. The molecule has 1 aromatic carbocycles. The number of carbonyl (C=O) groups is 2. The van der Waals surface area contributed by atoms with Gasteiger partial charge in [0.25, 0.3) is 5.91 Å². The van der Waals surface area contributed by atoms with Crippen molar-refractivity contribution in [3.05, 3.63) is 29.3 Å². The van der Waals surface area contributed by atoms with Crippen molar-refractivity contribution in [3.8, 4) is 5.75 Å². The molecule has 1 N–H and O–H groups in total. The number of ether oxygens (including phenoxy) is 2. The van der Waals surface area contributed by atoms with Gasteiger partial charge in [-0.2, -0.15) is 0 Å². The van der Waals surface area contributed by atoms with Gasteiger partial charge in [0.2, 0.25) is 0 Å². The maximum atomic E-state index is 12.5. The van der Waals surface area contributed by atoms with Crippen molar-refractivity contribution in [2.45, 2.75) is 25.8 Å². The van der Waals surface area contributed by atoms with Gasteiger partial charge in [-0.1, -0.05) is 0 Å². The van der Waals surface area contributed by atoms with Crippen LogP contribution in [0.4, 0.5) is 4.79 Å². The lowest BCUT2D eigenvalue weighted by Crippen LogP contribution is -2.52. The van der Waals surface area contributed by atoms with Gasteiger partial charge in [-0.3, -0.25) is 4.79 Å². The smallest absolute Gasteiger partial charge is 0.320 e. The lowest BCUT2D eigenvalue weighted by Gasteiger charge is -2.37. The highest BCUT2D eigenvalue weighted by molar-refractivity contribution is 5.94. The van der Waals surface area contributed by atoms with E-state index >= 15 is 0 Å². The van der Waals surface area contributed by atoms with Crippen LogP contribution in [0.5, 0.6) is 5.75 Å². The van der Waals surface area contributed by atoms with E-state index in [2.05, 4.69) is 5.32 Å². The first-order valence-electron chi connectivity index (χ1n) is 9.15. The van der Waals surface area contributed by atoms with Crippen LogP contribution in [0.15, 0.2) is 18.2 Å². The molecule has 7 nitrogen and oxygen atoms in total. The van der Waals surface area contributed by atoms with Gasteiger partial charge in [-0.05, 0) is 43.5 Å². The fourth-order valence-corrected chi connectivity index (χ4v) is 3.46. The predicted molar refractivity (Wildman–Crippen MR) is 97.6 cm³/mol. The van der Waals surface area contributed by atoms with Crippen molar-refractivity contribution in [1.82, 2.24) is 15.1 Å². The lowest BCUT2D eigenvalue weighted by atomic mass is 10.0. The van der Waals surface area contributed by atoms with Crippen LogP contribution in [0.2, 0.25) is 0 Å². The van der Waals surface area contributed by atoms with Crippen molar-refractivity contribution in [2.75, 3.05) is 46.5 Å². The summed E-state index contributed by atoms with van der Waals surface area (Å²) in [6.07, 6.45) is 1.55. The maximum Gasteiger partial charge on any atom is 0.320 e. The van der Waals surface area contributed by atoms with E-state index in [0.717, 1.165) is 24.2 Å². The molecule has 2 aliphatic heterocycles. The predicted octanol–water partition coefficient (Wildman–Crippen LogP) is 1.65. The summed E-state index contributed by atoms with van der Waals surface area (Å²) in [5.74, 6) is 0.699. The summed E-state index contributed by atoms with van der Waals surface area (Å²) in [4.78, 5) is 28.7. The largest absolute Gasteiger partial charge is 0.496 e. The summed E-state index contributed by atoms with van der Waals surface area (Å²) in [6, 6.07) is 5.61. The molecule has 3 amide bonds. The first-order valence-corrected chi connectivity index (χ1v) is 9.15. The number of morpholine rings is 1. The van der Waals surface area contributed by atoms with Crippen LogP contribution in [0, 0.1) is 6.92 Å². The molecular weight excluding hydrogens is 334 g/mol. The molecule has 0 atom stereocenters. The molecule has 0 spiro atoms. The van der Waals surface area contributed by atoms with E-state index in [1.165, 1.54) is 0 Å². The minimum Gasteiger partial charge on any atom is -0.496 e. The van der Waals surface area contributed by atoms with E-state index in [0.29, 0.717) is 45.0 Å². The van der Waals surface area contributed by atoms with Gasteiger partial charge >= 0.3 is 6.03 Å². The molecule has 2 heterocycles. The van der Waals surface area contributed by atoms with E-state index in [4.69, 9.17) is 9.47 Å². The third kappa shape index (κ3) is 4.27. The zero-order chi connectivity index (χ0) is 18.5. The molecule has 0 aliphatic carbocycles. The Balaban J connectivity index is 1.49. The Morgan fingerprint density at radius 1 is 1.12 bits per heavy atom. The average molecular weight is 361 g/mol. The fraction of sp³-hybridized carbons (Fsp3) is 0.579. The zero-order valence-electron chi connectivity index (χ0n) is 15.5. The van der Waals surface area contributed by atoms with Gasteiger partial charge in [-0.25, -0.2) is 4.79 Å². The number of nitrogens with zero attached hydrogens (tertiary/aromatic N) is 2. The second-order valence-electron chi connectivity index (χ2n) is 6.80. The van der Waals surface area contributed by atoms with Gasteiger partial charge in [-0.15, -0.1) is 0 Å². The van der Waals surface area contributed by atoms with Gasteiger partial charge in [0, 0.05) is 37.8 Å². The summed E-state index contributed by atoms with van der Waals surface area (Å²) in [5, 5.41) is 3.09. The Hall–Kier alpha value is -2.28. The molecule has 1 aromatic rings. The van der Waals surface area contributed by atoms with Crippen LogP contribution < -0.4 is 10.1 Å². The van der Waals surface area contributed by atoms with Crippen molar-refractivity contribution < 1.29 is 19.1 Å². The molecule has 2 aliphatic rings. The van der Waals surface area contributed by atoms with E-state index < -0.39 is 0 Å². The highest BCUT2D eigenvalue weighted by atomic mass is 16.5. The Kier molecular flexibility index (Phi) is 5.98. The van der Waals surface area contributed by atoms with Crippen molar-refractivity contribution >= 4 is 11.9 Å². The van der Waals surface area contributed by atoms with Gasteiger partial charge in [0.1, 0.15) is 5.75 Å². The number of nitrogens with one attached hydrogen (secondary N) is 1. The highest BCUT2D eigenvalue weighted by Crippen LogP contribution is 2.19. The number of hydrogen-bond donors (Lipinski definition) is 1. The summed E-state index contributed by atoms with van der Waals surface area (Å²) in [6.45, 7) is 5.80. The summed E-state index contributed by atoms with van der Waals surface area (Å²) < 4.78 is 10.5. The second kappa shape index (κ2) is 8.40. The van der Waals surface area contributed by atoms with E-state index in [-0.39, 0.29) is 18.0 Å². The summed E-state index contributed by atoms with van der Waals surface area (Å²) in [7, 11) is 1.62. The Morgan fingerprint density at radius 2 is 1.77 bits per heavy atom. The second-order valence-corrected chi connectivity index (χ2v) is 6.80. The molecule has 0 saturated carbocycles. The van der Waals surface area contributed by atoms with Gasteiger partial charge in [0.15, 0.2) is 0 Å². The number of aryl methyl sites for hydroxylation is 1. The topological polar surface area (TPSA) is 71.1 Å². The van der Waals surface area contributed by atoms with E-state index in [1.807, 2.05) is 28.9 Å². The van der Waals surface area contributed by atoms with Crippen LogP contribution >= 0.6 is 0 Å². The summed E-state index contributed by atoms with van der Waals surface area (Å²) in [5.41, 5.74) is 1.57. The van der Waals surface area contributed by atoms with Crippen LogP contribution in [-0.2, 0) is 4.74 Å². The molecule has 0 aromatic heterocycles. The van der Waals surface area contributed by atoms with E-state index in [9.17, 15) is 9.59 Å². The Bertz CT molecular complexity index is 650. The Labute approximate surface area is 154 Å². The molecular formula is C19H27N3O4. The van der Waals surface area contributed by atoms with Crippen LogP contribution in [0.3, 0.4) is 0 Å². The van der Waals surface area contributed by atoms with Crippen molar-refractivity contribution in [2.24, 2.45) is 0 Å². The van der Waals surface area contributed by atoms with Gasteiger partial charge in [0.05, 0.1) is 20.3 Å². The first kappa shape index (κ1) is 18.5. The molecule has 2 saturated heterocycles. The van der Waals surface area contributed by atoms with Crippen molar-refractivity contribution in [1.29, 1.82) is 0 Å². The standard InChI is InChI=1S/C19H27N3O4/c1-14-13-15(3-4-17(14)25-2)18(23)20-16-5-7-21(8-6-16)19(24)22-9-11-26-12-10-22/h3-4,13,16H,5-12H2,1-2H3,(H,20,23). The minimum absolute atomic E-state index is 0.0753. The molecule has 0 radical (unpaired) electrons. The van der Waals surface area contributed by atoms with Crippen LogP contribution in [-0.4, -0.2) is 74.3 Å². The molecule has 2 fully saturated rings. The molecule has 0 unspecified atom stereocenters.